The van der Waals surface area contributed by atoms with Crippen molar-refractivity contribution in [2.45, 2.75) is 39.7 Å². The van der Waals surface area contributed by atoms with Gasteiger partial charge < -0.3 is 10.4 Å². The van der Waals surface area contributed by atoms with E-state index in [4.69, 9.17) is 5.11 Å². The van der Waals surface area contributed by atoms with Crippen LogP contribution in [0.3, 0.4) is 0 Å². The molecule has 0 aromatic rings. The molecule has 0 saturated heterocycles. The Morgan fingerprint density at radius 2 is 1.80 bits per heavy atom. The SMILES string of the molecule is CCCC(NC(=O)C(=O)C(C)C)C(=O)O. The van der Waals surface area contributed by atoms with Crippen molar-refractivity contribution < 1.29 is 19.5 Å². The first kappa shape index (κ1) is 13.6. The van der Waals surface area contributed by atoms with Gasteiger partial charge in [0.1, 0.15) is 6.04 Å². The maximum absolute atomic E-state index is 11.3. The van der Waals surface area contributed by atoms with Crippen molar-refractivity contribution in [1.29, 1.82) is 0 Å². The number of carboxylic acid groups (broad SMARTS) is 1. The third-order valence-electron chi connectivity index (χ3n) is 1.93. The summed E-state index contributed by atoms with van der Waals surface area (Å²) in [7, 11) is 0. The predicted molar refractivity (Wildman–Crippen MR) is 54.3 cm³/mol. The third kappa shape index (κ3) is 4.58. The minimum absolute atomic E-state index is 0.326. The number of carboxylic acids is 1. The van der Waals surface area contributed by atoms with Gasteiger partial charge >= 0.3 is 5.97 Å². The van der Waals surface area contributed by atoms with E-state index in [1.165, 1.54) is 0 Å². The lowest BCUT2D eigenvalue weighted by Crippen LogP contribution is -2.44. The van der Waals surface area contributed by atoms with Crippen LogP contribution in [0.4, 0.5) is 0 Å². The van der Waals surface area contributed by atoms with Crippen LogP contribution in [0.15, 0.2) is 0 Å². The normalized spacial score (nSPS) is 12.3. The van der Waals surface area contributed by atoms with E-state index in [1.807, 2.05) is 6.92 Å². The van der Waals surface area contributed by atoms with Gasteiger partial charge in [-0.25, -0.2) is 4.79 Å². The van der Waals surface area contributed by atoms with Crippen LogP contribution in [0.25, 0.3) is 0 Å². The minimum Gasteiger partial charge on any atom is -0.480 e. The minimum atomic E-state index is -1.11. The molecule has 0 radical (unpaired) electrons. The van der Waals surface area contributed by atoms with Crippen LogP contribution in [0.2, 0.25) is 0 Å². The number of rotatable bonds is 6. The first-order valence-electron chi connectivity index (χ1n) is 4.97. The number of nitrogens with one attached hydrogen (secondary N) is 1. The second kappa shape index (κ2) is 6.16. The third-order valence-corrected chi connectivity index (χ3v) is 1.93. The van der Waals surface area contributed by atoms with Crippen molar-refractivity contribution in [1.82, 2.24) is 5.32 Å². The summed E-state index contributed by atoms with van der Waals surface area (Å²) in [5.41, 5.74) is 0. The summed E-state index contributed by atoms with van der Waals surface area (Å²) in [6, 6.07) is -0.967. The summed E-state index contributed by atoms with van der Waals surface area (Å²) < 4.78 is 0. The largest absolute Gasteiger partial charge is 0.480 e. The number of hydrogen-bond donors (Lipinski definition) is 2. The van der Waals surface area contributed by atoms with Gasteiger partial charge in [-0.3, -0.25) is 9.59 Å². The fourth-order valence-corrected chi connectivity index (χ4v) is 1.04. The zero-order valence-electron chi connectivity index (χ0n) is 9.24. The molecule has 5 heteroatoms. The fraction of sp³-hybridized carbons (Fsp3) is 0.700. The molecule has 0 saturated carbocycles. The number of carbonyl (C=O) groups excluding carboxylic acids is 2. The van der Waals surface area contributed by atoms with Crippen molar-refractivity contribution >= 4 is 17.7 Å². The molecular formula is C10H17NO4. The van der Waals surface area contributed by atoms with Gasteiger partial charge in [-0.15, -0.1) is 0 Å². The zero-order valence-corrected chi connectivity index (χ0v) is 9.24. The molecule has 0 aliphatic carbocycles. The van der Waals surface area contributed by atoms with Crippen molar-refractivity contribution in [3.05, 3.63) is 0 Å². The van der Waals surface area contributed by atoms with Crippen molar-refractivity contribution in [3.63, 3.8) is 0 Å². The Labute approximate surface area is 88.9 Å². The molecule has 0 bridgehead atoms. The summed E-state index contributed by atoms with van der Waals surface area (Å²) in [5, 5.41) is 11.0. The highest BCUT2D eigenvalue weighted by molar-refractivity contribution is 6.37. The van der Waals surface area contributed by atoms with Crippen LogP contribution in [0.5, 0.6) is 0 Å². The van der Waals surface area contributed by atoms with E-state index in [-0.39, 0.29) is 0 Å². The molecular weight excluding hydrogens is 198 g/mol. The molecule has 0 fully saturated rings. The van der Waals surface area contributed by atoms with E-state index < -0.39 is 29.6 Å². The van der Waals surface area contributed by atoms with E-state index in [2.05, 4.69) is 5.32 Å². The number of Topliss-reactive ketones (excluding diaryl/α,β-unsaturated/α-hetero) is 1. The van der Waals surface area contributed by atoms with Gasteiger partial charge in [-0.1, -0.05) is 27.2 Å². The highest BCUT2D eigenvalue weighted by atomic mass is 16.4. The van der Waals surface area contributed by atoms with Crippen molar-refractivity contribution in [2.75, 3.05) is 0 Å². The second-order valence-corrected chi connectivity index (χ2v) is 3.67. The van der Waals surface area contributed by atoms with Gasteiger partial charge in [-0.05, 0) is 6.42 Å². The molecule has 2 N–H and O–H groups in total. The summed E-state index contributed by atoms with van der Waals surface area (Å²) in [4.78, 5) is 33.1. The smallest absolute Gasteiger partial charge is 0.326 e. The van der Waals surface area contributed by atoms with Crippen LogP contribution >= 0.6 is 0 Å². The molecule has 1 unspecified atom stereocenters. The van der Waals surface area contributed by atoms with Gasteiger partial charge in [0, 0.05) is 5.92 Å². The number of aliphatic carboxylic acids is 1. The molecule has 1 amide bonds. The van der Waals surface area contributed by atoms with Crippen molar-refractivity contribution in [3.8, 4) is 0 Å². The summed E-state index contributed by atoms with van der Waals surface area (Å²) in [6.45, 7) is 5.00. The average molecular weight is 215 g/mol. The van der Waals surface area contributed by atoms with Crippen molar-refractivity contribution in [2.24, 2.45) is 5.92 Å². The van der Waals surface area contributed by atoms with Crippen LogP contribution < -0.4 is 5.32 Å². The van der Waals surface area contributed by atoms with E-state index in [9.17, 15) is 14.4 Å². The maximum Gasteiger partial charge on any atom is 0.326 e. The molecule has 0 aliphatic heterocycles. The molecule has 1 atom stereocenters. The van der Waals surface area contributed by atoms with Crippen LogP contribution in [0, 0.1) is 5.92 Å². The monoisotopic (exact) mass is 215 g/mol. The van der Waals surface area contributed by atoms with Crippen LogP contribution in [-0.4, -0.2) is 28.8 Å². The van der Waals surface area contributed by atoms with Gasteiger partial charge in [0.25, 0.3) is 5.91 Å². The molecule has 0 rings (SSSR count). The highest BCUT2D eigenvalue weighted by Gasteiger charge is 2.24. The number of hydrogen-bond acceptors (Lipinski definition) is 3. The molecule has 0 aromatic carbocycles. The Morgan fingerprint density at radius 3 is 2.13 bits per heavy atom. The van der Waals surface area contributed by atoms with E-state index in [1.54, 1.807) is 13.8 Å². The predicted octanol–water partition coefficient (Wildman–Crippen LogP) is 0.581. The quantitative estimate of drug-likeness (QED) is 0.635. The Bertz CT molecular complexity index is 260. The molecule has 86 valence electrons. The summed E-state index contributed by atoms with van der Waals surface area (Å²) in [5.74, 6) is -2.92. The molecule has 0 aromatic heterocycles. The molecule has 0 spiro atoms. The lowest BCUT2D eigenvalue weighted by Gasteiger charge is -2.13. The molecule has 0 aliphatic rings. The Kier molecular flexibility index (Phi) is 5.59. The van der Waals surface area contributed by atoms with Gasteiger partial charge in [0.15, 0.2) is 0 Å². The Morgan fingerprint density at radius 1 is 1.27 bits per heavy atom. The summed E-state index contributed by atoms with van der Waals surface area (Å²) in [6.07, 6.45) is 0.958. The standard InChI is InChI=1S/C10H17NO4/c1-4-5-7(10(14)15)11-9(13)8(12)6(2)3/h6-7H,4-5H2,1-3H3,(H,11,13)(H,14,15). The van der Waals surface area contributed by atoms with Gasteiger partial charge in [0.05, 0.1) is 0 Å². The maximum atomic E-state index is 11.3. The molecule has 5 nitrogen and oxygen atoms in total. The Balaban J connectivity index is 4.35. The van der Waals surface area contributed by atoms with Gasteiger partial charge in [0.2, 0.25) is 5.78 Å². The molecule has 0 heterocycles. The van der Waals surface area contributed by atoms with Gasteiger partial charge in [-0.2, -0.15) is 0 Å². The topological polar surface area (TPSA) is 83.5 Å². The number of ketones is 1. The van der Waals surface area contributed by atoms with Crippen LogP contribution in [-0.2, 0) is 14.4 Å². The summed E-state index contributed by atoms with van der Waals surface area (Å²) >= 11 is 0. The fourth-order valence-electron chi connectivity index (χ4n) is 1.04. The average Bonchev–Trinajstić information content (AvgIpc) is 2.15. The van der Waals surface area contributed by atoms with Crippen LogP contribution in [0.1, 0.15) is 33.6 Å². The Hall–Kier alpha value is -1.39. The zero-order chi connectivity index (χ0) is 12.0. The lowest BCUT2D eigenvalue weighted by atomic mass is 10.1. The number of carbonyl (C=O) groups is 3. The van der Waals surface area contributed by atoms with E-state index >= 15 is 0 Å². The highest BCUT2D eigenvalue weighted by Crippen LogP contribution is 1.99. The van der Waals surface area contributed by atoms with E-state index in [0.717, 1.165) is 0 Å². The molecule has 15 heavy (non-hydrogen) atoms. The first-order valence-corrected chi connectivity index (χ1v) is 4.97. The van der Waals surface area contributed by atoms with E-state index in [0.29, 0.717) is 12.8 Å². The lowest BCUT2D eigenvalue weighted by molar-refractivity contribution is -0.145. The number of amides is 1. The second-order valence-electron chi connectivity index (χ2n) is 3.67. The first-order chi connectivity index (χ1) is 6.90.